The van der Waals surface area contributed by atoms with Crippen LogP contribution in [-0.2, 0) is 10.8 Å². The van der Waals surface area contributed by atoms with Gasteiger partial charge in [0.2, 0.25) is 0 Å². The molecule has 0 aromatic heterocycles. The molecule has 2 heteroatoms. The maximum Gasteiger partial charge on any atom is 0.0540 e. The molecule has 0 N–H and O–H groups in total. The molecule has 54 heavy (non-hydrogen) atoms. The predicted octanol–water partition coefficient (Wildman–Crippen LogP) is 14.0. The minimum absolute atomic E-state index is 0.0303. The van der Waals surface area contributed by atoms with E-state index in [1.165, 1.54) is 89.3 Å². The van der Waals surface area contributed by atoms with Crippen LogP contribution in [0.2, 0.25) is 0 Å². The van der Waals surface area contributed by atoms with Gasteiger partial charge in [-0.15, -0.1) is 0 Å². The molecule has 0 amide bonds. The Morgan fingerprint density at radius 1 is 0.556 bits per heavy atom. The normalized spacial score (nSPS) is 17.9. The van der Waals surface area contributed by atoms with Crippen molar-refractivity contribution in [2.75, 3.05) is 9.80 Å². The Hall–Kier alpha value is -6.12. The molecule has 7 aromatic rings. The smallest absolute Gasteiger partial charge is 0.0540 e. The Bertz CT molecular complexity index is 2750. The summed E-state index contributed by atoms with van der Waals surface area (Å²) < 4.78 is 0. The monoisotopic (exact) mass is 694 g/mol. The number of para-hydroxylation sites is 1. The van der Waals surface area contributed by atoms with Crippen molar-refractivity contribution in [3.05, 3.63) is 197 Å². The number of hydrogen-bond donors (Lipinski definition) is 0. The molecular weight excluding hydrogens is 653 g/mol. The molecule has 7 aromatic carbocycles. The summed E-state index contributed by atoms with van der Waals surface area (Å²) in [7, 11) is 0. The Labute approximate surface area is 318 Å². The lowest BCUT2D eigenvalue weighted by Gasteiger charge is -2.42. The highest BCUT2D eigenvalue weighted by molar-refractivity contribution is 5.99. The molecular formula is C52H42N2. The zero-order valence-electron chi connectivity index (χ0n) is 31.3. The summed E-state index contributed by atoms with van der Waals surface area (Å²) in [6.07, 6.45) is 5.81. The summed E-state index contributed by atoms with van der Waals surface area (Å²) in [5.74, 6) is 0.319. The van der Waals surface area contributed by atoms with E-state index in [1.54, 1.807) is 0 Å². The van der Waals surface area contributed by atoms with Gasteiger partial charge in [-0.2, -0.15) is 0 Å². The molecule has 1 unspecified atom stereocenters. The fraction of sp³-hybridized carbons (Fsp3) is 0.154. The zero-order valence-corrected chi connectivity index (χ0v) is 31.3. The molecule has 11 rings (SSSR count). The van der Waals surface area contributed by atoms with Crippen molar-refractivity contribution < 1.29 is 0 Å². The Balaban J connectivity index is 1.05. The van der Waals surface area contributed by atoms with Crippen LogP contribution in [0.25, 0.3) is 33.0 Å². The molecule has 2 heterocycles. The fourth-order valence-electron chi connectivity index (χ4n) is 10.2. The Kier molecular flexibility index (Phi) is 6.51. The van der Waals surface area contributed by atoms with Crippen LogP contribution in [0, 0.1) is 0 Å². The van der Waals surface area contributed by atoms with Crippen molar-refractivity contribution in [1.82, 2.24) is 0 Å². The second-order valence-electron chi connectivity index (χ2n) is 16.5. The minimum Gasteiger partial charge on any atom is -0.313 e. The summed E-state index contributed by atoms with van der Waals surface area (Å²) in [5, 5.41) is 2.48. The predicted molar refractivity (Wildman–Crippen MR) is 227 cm³/mol. The number of allylic oxidation sites excluding steroid dienone is 4. The fourth-order valence-corrected chi connectivity index (χ4v) is 10.2. The maximum atomic E-state index is 2.57. The van der Waals surface area contributed by atoms with E-state index in [9.17, 15) is 0 Å². The number of benzene rings is 7. The molecule has 0 saturated heterocycles. The number of nitrogens with zero attached hydrogens (tertiary/aromatic N) is 2. The van der Waals surface area contributed by atoms with Crippen LogP contribution >= 0.6 is 0 Å². The van der Waals surface area contributed by atoms with E-state index in [2.05, 4.69) is 201 Å². The first kappa shape index (κ1) is 31.4. The van der Waals surface area contributed by atoms with Gasteiger partial charge in [0, 0.05) is 50.6 Å². The van der Waals surface area contributed by atoms with Gasteiger partial charge >= 0.3 is 0 Å². The number of hydrogen-bond acceptors (Lipinski definition) is 2. The van der Waals surface area contributed by atoms with Crippen molar-refractivity contribution in [3.63, 3.8) is 0 Å². The molecule has 0 bridgehead atoms. The van der Waals surface area contributed by atoms with Crippen LogP contribution in [0.15, 0.2) is 175 Å². The van der Waals surface area contributed by atoms with Crippen LogP contribution in [0.1, 0.15) is 62.3 Å². The average Bonchev–Trinajstić information content (AvgIpc) is 3.66. The van der Waals surface area contributed by atoms with Crippen LogP contribution in [0.4, 0.5) is 28.4 Å². The first-order chi connectivity index (χ1) is 26.3. The van der Waals surface area contributed by atoms with E-state index in [1.807, 2.05) is 0 Å². The van der Waals surface area contributed by atoms with Gasteiger partial charge in [0.15, 0.2) is 0 Å². The minimum atomic E-state index is -0.0578. The van der Waals surface area contributed by atoms with Gasteiger partial charge in [-0.1, -0.05) is 143 Å². The van der Waals surface area contributed by atoms with Crippen LogP contribution in [0.3, 0.4) is 0 Å². The highest BCUT2D eigenvalue weighted by atomic mass is 15.2. The van der Waals surface area contributed by atoms with E-state index in [0.29, 0.717) is 5.92 Å². The first-order valence-electron chi connectivity index (χ1n) is 19.4. The van der Waals surface area contributed by atoms with Gasteiger partial charge in [-0.3, -0.25) is 0 Å². The maximum absolute atomic E-state index is 2.57. The van der Waals surface area contributed by atoms with E-state index < -0.39 is 0 Å². The summed E-state index contributed by atoms with van der Waals surface area (Å²) in [6.45, 7) is 9.49. The van der Waals surface area contributed by atoms with Gasteiger partial charge in [-0.05, 0) is 110 Å². The first-order valence-corrected chi connectivity index (χ1v) is 19.4. The van der Waals surface area contributed by atoms with Gasteiger partial charge in [-0.25, -0.2) is 0 Å². The summed E-state index contributed by atoms with van der Waals surface area (Å²) in [5.41, 5.74) is 19.7. The van der Waals surface area contributed by atoms with Crippen LogP contribution in [-0.4, -0.2) is 0 Å². The topological polar surface area (TPSA) is 6.48 Å². The number of fused-ring (bicyclic) bond motifs is 9. The Morgan fingerprint density at radius 3 is 2.13 bits per heavy atom. The van der Waals surface area contributed by atoms with E-state index >= 15 is 0 Å². The molecule has 0 fully saturated rings. The standard InChI is InChI=1S/C52H42N2/c1-51(2)43-18-8-7-16-39(43)40-29-25-35(31-46(40)51)33-23-26-36(27-24-33)53(47-22-11-14-34-13-5-6-15-38(34)47)37-28-30-48-42(32-37)41-17-12-20-45-50(41)54(48)49-21-10-9-19-44(49)52(45,3)4/h5-16,18-32,41H,17H2,1-4H3. The number of rotatable bonds is 4. The SMILES string of the molecule is CC1(C)C2=C3C(CC=C2)c2cc(N(c4ccc(-c5ccc6c(c5)C(C)(C)c5ccccc5-6)cc4)c4cccc5ccccc45)ccc2N3c2ccccc21. The largest absolute Gasteiger partial charge is 0.313 e. The lowest BCUT2D eigenvalue weighted by atomic mass is 9.70. The highest BCUT2D eigenvalue weighted by Gasteiger charge is 2.46. The lowest BCUT2D eigenvalue weighted by Crippen LogP contribution is -2.33. The molecule has 0 spiro atoms. The molecule has 1 atom stereocenters. The molecule has 2 aliphatic carbocycles. The van der Waals surface area contributed by atoms with E-state index in [-0.39, 0.29) is 10.8 Å². The molecule has 0 saturated carbocycles. The summed E-state index contributed by atoms with van der Waals surface area (Å²) >= 11 is 0. The second-order valence-corrected chi connectivity index (χ2v) is 16.5. The summed E-state index contributed by atoms with van der Waals surface area (Å²) in [6, 6.07) is 56.8. The van der Waals surface area contributed by atoms with Crippen molar-refractivity contribution in [1.29, 1.82) is 0 Å². The average molecular weight is 695 g/mol. The van der Waals surface area contributed by atoms with Crippen molar-refractivity contribution >= 4 is 39.2 Å². The van der Waals surface area contributed by atoms with Gasteiger partial charge < -0.3 is 9.80 Å². The second kappa shape index (κ2) is 11.2. The third-order valence-corrected chi connectivity index (χ3v) is 12.9. The highest BCUT2D eigenvalue weighted by Crippen LogP contribution is 2.60. The van der Waals surface area contributed by atoms with Crippen molar-refractivity contribution in [2.45, 2.75) is 50.9 Å². The Morgan fingerprint density at radius 2 is 1.26 bits per heavy atom. The lowest BCUT2D eigenvalue weighted by molar-refractivity contribution is 0.598. The van der Waals surface area contributed by atoms with Crippen molar-refractivity contribution in [2.24, 2.45) is 0 Å². The van der Waals surface area contributed by atoms with Crippen molar-refractivity contribution in [3.8, 4) is 22.3 Å². The number of anilines is 5. The van der Waals surface area contributed by atoms with Crippen LogP contribution in [0.5, 0.6) is 0 Å². The van der Waals surface area contributed by atoms with E-state index in [4.69, 9.17) is 0 Å². The third-order valence-electron chi connectivity index (χ3n) is 12.9. The quantitative estimate of drug-likeness (QED) is 0.181. The van der Waals surface area contributed by atoms with Gasteiger partial charge in [0.1, 0.15) is 0 Å². The molecule has 0 radical (unpaired) electrons. The third kappa shape index (κ3) is 4.28. The van der Waals surface area contributed by atoms with E-state index in [0.717, 1.165) is 12.1 Å². The van der Waals surface area contributed by atoms with Gasteiger partial charge in [0.25, 0.3) is 0 Å². The molecule has 260 valence electrons. The molecule has 4 aliphatic rings. The van der Waals surface area contributed by atoms with Gasteiger partial charge in [0.05, 0.1) is 5.69 Å². The molecule has 2 aliphatic heterocycles. The van der Waals surface area contributed by atoms with Crippen LogP contribution < -0.4 is 9.80 Å². The summed E-state index contributed by atoms with van der Waals surface area (Å²) in [4.78, 5) is 5.04. The molecule has 2 nitrogen and oxygen atoms in total. The zero-order chi connectivity index (χ0) is 36.3.